The minimum absolute atomic E-state index is 0.129. The molecule has 2 N–H and O–H groups in total. The lowest BCUT2D eigenvalue weighted by atomic mass is 10.2. The van der Waals surface area contributed by atoms with Crippen LogP contribution in [0.15, 0.2) is 83.1 Å². The number of hydrogen-bond acceptors (Lipinski definition) is 6. The van der Waals surface area contributed by atoms with E-state index < -0.39 is 0 Å². The van der Waals surface area contributed by atoms with Gasteiger partial charge < -0.3 is 15.4 Å². The van der Waals surface area contributed by atoms with Gasteiger partial charge in [-0.2, -0.15) is 0 Å². The van der Waals surface area contributed by atoms with Crippen molar-refractivity contribution < 1.29 is 14.3 Å². The molecule has 0 bridgehead atoms. The molecule has 0 aliphatic heterocycles. The molecule has 1 heterocycles. The predicted molar refractivity (Wildman–Crippen MR) is 149 cm³/mol. The molecule has 0 aliphatic carbocycles. The molecule has 6 nitrogen and oxygen atoms in total. The molecule has 184 valence electrons. The third-order valence-electron chi connectivity index (χ3n) is 5.27. The summed E-state index contributed by atoms with van der Waals surface area (Å²) in [6.07, 6.45) is 0.627. The summed E-state index contributed by atoms with van der Waals surface area (Å²) in [5.74, 6) is 0.338. The zero-order valence-corrected chi connectivity index (χ0v) is 22.0. The Labute approximate surface area is 223 Å². The first kappa shape index (κ1) is 25.8. The fourth-order valence-corrected chi connectivity index (χ4v) is 5.35. The average molecular weight is 538 g/mol. The number of thiazole rings is 1. The Morgan fingerprint density at radius 3 is 2.56 bits per heavy atom. The molecule has 0 radical (unpaired) electrons. The summed E-state index contributed by atoms with van der Waals surface area (Å²) in [5, 5.41) is 8.51. The van der Waals surface area contributed by atoms with Crippen LogP contribution in [0.2, 0.25) is 5.02 Å². The summed E-state index contributed by atoms with van der Waals surface area (Å²) in [7, 11) is 1.58. The van der Waals surface area contributed by atoms with Crippen LogP contribution in [0, 0.1) is 0 Å². The molecule has 1 atom stereocenters. The van der Waals surface area contributed by atoms with Gasteiger partial charge in [0.2, 0.25) is 5.91 Å². The first-order chi connectivity index (χ1) is 17.5. The molecule has 4 aromatic rings. The van der Waals surface area contributed by atoms with Gasteiger partial charge in [0, 0.05) is 32.1 Å². The van der Waals surface area contributed by atoms with Crippen molar-refractivity contribution in [3.8, 4) is 17.0 Å². The highest BCUT2D eigenvalue weighted by Crippen LogP contribution is 2.32. The lowest BCUT2D eigenvalue weighted by Crippen LogP contribution is -2.24. The van der Waals surface area contributed by atoms with Gasteiger partial charge in [-0.15, -0.1) is 23.1 Å². The fourth-order valence-electron chi connectivity index (χ4n) is 3.39. The van der Waals surface area contributed by atoms with Crippen molar-refractivity contribution in [3.63, 3.8) is 0 Å². The van der Waals surface area contributed by atoms with Gasteiger partial charge in [-0.05, 0) is 55.0 Å². The molecule has 2 amide bonds. The van der Waals surface area contributed by atoms with Gasteiger partial charge in [0.05, 0.1) is 18.1 Å². The molecular formula is C27H24ClN3O3S2. The Hall–Kier alpha value is -3.33. The predicted octanol–water partition coefficient (Wildman–Crippen LogP) is 7.23. The summed E-state index contributed by atoms with van der Waals surface area (Å²) in [6.45, 7) is 1.96. The Balaban J connectivity index is 1.39. The van der Waals surface area contributed by atoms with E-state index in [2.05, 4.69) is 15.6 Å². The summed E-state index contributed by atoms with van der Waals surface area (Å²) >= 11 is 9.07. The number of hydrogen-bond donors (Lipinski definition) is 2. The van der Waals surface area contributed by atoms with Crippen LogP contribution in [0.3, 0.4) is 0 Å². The second-order valence-corrected chi connectivity index (χ2v) is 10.3. The van der Waals surface area contributed by atoms with Gasteiger partial charge >= 0.3 is 0 Å². The molecule has 1 aromatic heterocycles. The van der Waals surface area contributed by atoms with Crippen molar-refractivity contribution in [2.75, 3.05) is 17.7 Å². The molecule has 1 unspecified atom stereocenters. The zero-order valence-electron chi connectivity index (χ0n) is 19.7. The topological polar surface area (TPSA) is 80.3 Å². The molecule has 0 fully saturated rings. The lowest BCUT2D eigenvalue weighted by Gasteiger charge is -2.14. The second-order valence-electron chi connectivity index (χ2n) is 7.73. The van der Waals surface area contributed by atoms with E-state index in [0.29, 0.717) is 33.6 Å². The number of ether oxygens (including phenoxy) is 1. The Morgan fingerprint density at radius 1 is 1.06 bits per heavy atom. The van der Waals surface area contributed by atoms with Crippen LogP contribution in [-0.2, 0) is 4.79 Å². The van der Waals surface area contributed by atoms with E-state index in [1.807, 2.05) is 60.8 Å². The van der Waals surface area contributed by atoms with Crippen LogP contribution in [0.4, 0.5) is 10.8 Å². The maximum atomic E-state index is 13.0. The van der Waals surface area contributed by atoms with Crippen LogP contribution < -0.4 is 15.4 Å². The van der Waals surface area contributed by atoms with Crippen LogP contribution in [0.1, 0.15) is 23.7 Å². The first-order valence-electron chi connectivity index (χ1n) is 11.2. The van der Waals surface area contributed by atoms with Crippen molar-refractivity contribution in [2.24, 2.45) is 0 Å². The highest BCUT2D eigenvalue weighted by Gasteiger charge is 2.20. The summed E-state index contributed by atoms with van der Waals surface area (Å²) in [6, 6.07) is 21.8. The van der Waals surface area contributed by atoms with E-state index in [-0.39, 0.29) is 17.1 Å². The number of methoxy groups -OCH3 is 1. The molecule has 0 spiro atoms. The standard InChI is InChI=1S/C27H24ClN3O3S2/c1-3-24(26(33)31-27-30-23(16-35-27)21-9-4-5-10-22(21)28)36-20-8-6-7-18(15-20)29-25(32)17-11-13-19(34-2)14-12-17/h4-16,24H,3H2,1-2H3,(H,29,32)(H,30,31,33). The highest BCUT2D eigenvalue weighted by atomic mass is 35.5. The van der Waals surface area contributed by atoms with E-state index in [0.717, 1.165) is 16.2 Å². The Kier molecular flexibility index (Phi) is 8.64. The van der Waals surface area contributed by atoms with Crippen molar-refractivity contribution in [2.45, 2.75) is 23.5 Å². The van der Waals surface area contributed by atoms with Crippen molar-refractivity contribution in [1.29, 1.82) is 0 Å². The van der Waals surface area contributed by atoms with E-state index in [1.165, 1.54) is 23.1 Å². The monoisotopic (exact) mass is 537 g/mol. The second kappa shape index (κ2) is 12.1. The van der Waals surface area contributed by atoms with E-state index >= 15 is 0 Å². The molecule has 3 aromatic carbocycles. The summed E-state index contributed by atoms with van der Waals surface area (Å²) in [4.78, 5) is 31.0. The maximum Gasteiger partial charge on any atom is 0.255 e. The third-order valence-corrected chi connectivity index (χ3v) is 7.72. The number of halogens is 1. The van der Waals surface area contributed by atoms with Gasteiger partial charge in [-0.25, -0.2) is 4.98 Å². The number of aromatic nitrogens is 1. The number of carbonyl (C=O) groups is 2. The number of anilines is 2. The van der Waals surface area contributed by atoms with Gasteiger partial charge in [-0.3, -0.25) is 9.59 Å². The number of nitrogens with zero attached hydrogens (tertiary/aromatic N) is 1. The number of benzene rings is 3. The van der Waals surface area contributed by atoms with E-state index in [9.17, 15) is 9.59 Å². The molecule has 9 heteroatoms. The quantitative estimate of drug-likeness (QED) is 0.220. The van der Waals surface area contributed by atoms with E-state index in [4.69, 9.17) is 16.3 Å². The molecule has 0 saturated carbocycles. The minimum Gasteiger partial charge on any atom is -0.497 e. The fraction of sp³-hybridized carbons (Fsp3) is 0.148. The number of thioether (sulfide) groups is 1. The van der Waals surface area contributed by atoms with Gasteiger partial charge in [0.15, 0.2) is 5.13 Å². The largest absolute Gasteiger partial charge is 0.497 e. The van der Waals surface area contributed by atoms with Gasteiger partial charge in [0.25, 0.3) is 5.91 Å². The van der Waals surface area contributed by atoms with Crippen LogP contribution in [-0.4, -0.2) is 29.2 Å². The molecule has 4 rings (SSSR count). The zero-order chi connectivity index (χ0) is 25.5. The van der Waals surface area contributed by atoms with Crippen LogP contribution in [0.25, 0.3) is 11.3 Å². The van der Waals surface area contributed by atoms with Gasteiger partial charge in [0.1, 0.15) is 5.75 Å². The summed E-state index contributed by atoms with van der Waals surface area (Å²) in [5.41, 5.74) is 2.73. The van der Waals surface area contributed by atoms with Crippen molar-refractivity contribution in [1.82, 2.24) is 4.98 Å². The lowest BCUT2D eigenvalue weighted by molar-refractivity contribution is -0.115. The SMILES string of the molecule is CCC(Sc1cccc(NC(=O)c2ccc(OC)cc2)c1)C(=O)Nc1nc(-c2ccccc2Cl)cs1. The Morgan fingerprint density at radius 2 is 1.83 bits per heavy atom. The molecule has 36 heavy (non-hydrogen) atoms. The average Bonchev–Trinajstić information content (AvgIpc) is 3.35. The normalized spacial score (nSPS) is 11.5. The maximum absolute atomic E-state index is 13.0. The minimum atomic E-state index is -0.329. The number of rotatable bonds is 9. The highest BCUT2D eigenvalue weighted by molar-refractivity contribution is 8.00. The van der Waals surface area contributed by atoms with E-state index in [1.54, 1.807) is 31.4 Å². The van der Waals surface area contributed by atoms with Crippen molar-refractivity contribution in [3.05, 3.63) is 88.8 Å². The number of carbonyl (C=O) groups excluding carboxylic acids is 2. The van der Waals surface area contributed by atoms with Crippen molar-refractivity contribution >= 4 is 57.3 Å². The Bertz CT molecular complexity index is 1360. The smallest absolute Gasteiger partial charge is 0.255 e. The summed E-state index contributed by atoms with van der Waals surface area (Å²) < 4.78 is 5.14. The molecule has 0 aliphatic rings. The van der Waals surface area contributed by atoms with Gasteiger partial charge in [-0.1, -0.05) is 42.8 Å². The molecular weight excluding hydrogens is 514 g/mol. The first-order valence-corrected chi connectivity index (χ1v) is 13.3. The number of nitrogens with one attached hydrogen (secondary N) is 2. The third kappa shape index (κ3) is 6.46. The van der Waals surface area contributed by atoms with Crippen LogP contribution in [0.5, 0.6) is 5.75 Å². The number of amides is 2. The van der Waals surface area contributed by atoms with Crippen LogP contribution >= 0.6 is 34.7 Å². The molecule has 0 saturated heterocycles.